The summed E-state index contributed by atoms with van der Waals surface area (Å²) >= 11 is 0. The molecular weight excluding hydrogens is 294 g/mol. The van der Waals surface area contributed by atoms with Crippen LogP contribution in [0.4, 0.5) is 5.69 Å². The first-order valence-corrected chi connectivity index (χ1v) is 7.40. The number of ether oxygens (including phenoxy) is 1. The molecule has 0 saturated heterocycles. The molecule has 0 fully saturated rings. The van der Waals surface area contributed by atoms with Crippen molar-refractivity contribution in [3.05, 3.63) is 69.8 Å². The maximum absolute atomic E-state index is 12.0. The summed E-state index contributed by atoms with van der Waals surface area (Å²) in [6.45, 7) is 6.44. The lowest BCUT2D eigenvalue weighted by molar-refractivity contribution is -0.384. The number of nitro benzene ring substituents is 1. The Kier molecular flexibility index (Phi) is 4.79. The first-order valence-electron chi connectivity index (χ1n) is 7.40. The fraction of sp³-hybridized carbons (Fsp3) is 0.278. The second-order valence-electron chi connectivity index (χ2n) is 5.96. The van der Waals surface area contributed by atoms with E-state index in [0.717, 1.165) is 6.42 Å². The molecule has 0 radical (unpaired) electrons. The number of carbonyl (C=O) groups excluding carboxylic acids is 1. The zero-order valence-electron chi connectivity index (χ0n) is 13.4. The number of nitrogens with zero attached hydrogens (tertiary/aromatic N) is 1. The van der Waals surface area contributed by atoms with Crippen molar-refractivity contribution in [1.29, 1.82) is 0 Å². The van der Waals surface area contributed by atoms with Gasteiger partial charge in [0.05, 0.1) is 10.5 Å². The molecular formula is C18H19NO4. The molecule has 120 valence electrons. The molecule has 0 aliphatic heterocycles. The molecule has 2 aromatic carbocycles. The summed E-state index contributed by atoms with van der Waals surface area (Å²) < 4.78 is 5.29. The monoisotopic (exact) mass is 313 g/mol. The minimum Gasteiger partial charge on any atom is -0.423 e. The highest BCUT2D eigenvalue weighted by molar-refractivity contribution is 5.91. The van der Waals surface area contributed by atoms with Crippen molar-refractivity contribution in [2.45, 2.75) is 32.6 Å². The van der Waals surface area contributed by atoms with Gasteiger partial charge in [-0.1, -0.05) is 32.9 Å². The van der Waals surface area contributed by atoms with Crippen LogP contribution in [0.25, 0.3) is 0 Å². The largest absolute Gasteiger partial charge is 0.423 e. The predicted octanol–water partition coefficient (Wildman–Crippen LogP) is 4.50. The summed E-state index contributed by atoms with van der Waals surface area (Å²) in [5, 5.41) is 10.6. The first-order chi connectivity index (χ1) is 10.8. The van der Waals surface area contributed by atoms with Gasteiger partial charge in [0.1, 0.15) is 5.75 Å². The van der Waals surface area contributed by atoms with E-state index in [0.29, 0.717) is 5.75 Å². The summed E-state index contributed by atoms with van der Waals surface area (Å²) in [5.74, 6) is -0.0913. The molecule has 0 N–H and O–H groups in total. The van der Waals surface area contributed by atoms with Crippen LogP contribution in [0.3, 0.4) is 0 Å². The molecule has 2 rings (SSSR count). The van der Waals surface area contributed by atoms with Gasteiger partial charge in [-0.05, 0) is 41.7 Å². The predicted molar refractivity (Wildman–Crippen MR) is 87.8 cm³/mol. The molecule has 0 aromatic heterocycles. The Balaban J connectivity index is 2.09. The Bertz CT molecular complexity index is 703. The number of rotatable bonds is 5. The van der Waals surface area contributed by atoms with E-state index in [9.17, 15) is 14.9 Å². The number of carbonyl (C=O) groups is 1. The third-order valence-corrected chi connectivity index (χ3v) is 4.04. The van der Waals surface area contributed by atoms with Gasteiger partial charge in [-0.25, -0.2) is 4.79 Å². The maximum Gasteiger partial charge on any atom is 0.343 e. The second kappa shape index (κ2) is 6.60. The lowest BCUT2D eigenvalue weighted by Gasteiger charge is -2.23. The zero-order valence-corrected chi connectivity index (χ0v) is 13.4. The van der Waals surface area contributed by atoms with Gasteiger partial charge in [-0.2, -0.15) is 0 Å². The number of hydrogen-bond donors (Lipinski definition) is 0. The van der Waals surface area contributed by atoms with Crippen molar-refractivity contribution >= 4 is 11.7 Å². The summed E-state index contributed by atoms with van der Waals surface area (Å²) in [6, 6.07) is 12.7. The highest BCUT2D eigenvalue weighted by Gasteiger charge is 2.18. The topological polar surface area (TPSA) is 69.4 Å². The summed E-state index contributed by atoms with van der Waals surface area (Å²) in [5.41, 5.74) is 1.46. The van der Waals surface area contributed by atoms with E-state index in [1.165, 1.54) is 29.8 Å². The van der Waals surface area contributed by atoms with Crippen molar-refractivity contribution in [3.63, 3.8) is 0 Å². The van der Waals surface area contributed by atoms with Gasteiger partial charge in [0.2, 0.25) is 0 Å². The fourth-order valence-corrected chi connectivity index (χ4v) is 2.06. The van der Waals surface area contributed by atoms with Gasteiger partial charge >= 0.3 is 5.97 Å². The van der Waals surface area contributed by atoms with Crippen LogP contribution in [-0.2, 0) is 5.41 Å². The number of hydrogen-bond acceptors (Lipinski definition) is 4. The third-order valence-electron chi connectivity index (χ3n) is 4.04. The van der Waals surface area contributed by atoms with Crippen LogP contribution >= 0.6 is 0 Å². The van der Waals surface area contributed by atoms with Crippen LogP contribution in [0.15, 0.2) is 48.5 Å². The van der Waals surface area contributed by atoms with Crippen LogP contribution in [-0.4, -0.2) is 10.9 Å². The summed E-state index contributed by atoms with van der Waals surface area (Å²) in [6.07, 6.45) is 1.01. The molecule has 0 atom stereocenters. The van der Waals surface area contributed by atoms with Crippen LogP contribution in [0, 0.1) is 10.1 Å². The van der Waals surface area contributed by atoms with Crippen molar-refractivity contribution in [2.75, 3.05) is 0 Å². The Labute approximate surface area is 135 Å². The molecule has 0 spiro atoms. The van der Waals surface area contributed by atoms with E-state index in [2.05, 4.69) is 20.8 Å². The van der Waals surface area contributed by atoms with Crippen LogP contribution in [0.2, 0.25) is 0 Å². The molecule has 0 amide bonds. The summed E-state index contributed by atoms with van der Waals surface area (Å²) in [4.78, 5) is 22.1. The zero-order chi connectivity index (χ0) is 17.0. The Hall–Kier alpha value is -2.69. The molecule has 0 unspecified atom stereocenters. The van der Waals surface area contributed by atoms with Crippen molar-refractivity contribution in [2.24, 2.45) is 0 Å². The molecule has 0 saturated carbocycles. The SMILES string of the molecule is CCC(C)(C)c1ccc(OC(=O)c2ccc([N+](=O)[O-])cc2)cc1. The molecule has 0 aliphatic carbocycles. The maximum atomic E-state index is 12.0. The van der Waals surface area contributed by atoms with Crippen LogP contribution < -0.4 is 4.74 Å². The first kappa shape index (κ1) is 16.7. The Morgan fingerprint density at radius 3 is 2.13 bits per heavy atom. The van der Waals surface area contributed by atoms with E-state index < -0.39 is 10.9 Å². The Morgan fingerprint density at radius 1 is 1.09 bits per heavy atom. The van der Waals surface area contributed by atoms with E-state index >= 15 is 0 Å². The van der Waals surface area contributed by atoms with E-state index in [1.54, 1.807) is 12.1 Å². The number of esters is 1. The van der Waals surface area contributed by atoms with E-state index in [-0.39, 0.29) is 16.7 Å². The highest BCUT2D eigenvalue weighted by Crippen LogP contribution is 2.28. The highest BCUT2D eigenvalue weighted by atomic mass is 16.6. The number of non-ortho nitro benzene ring substituents is 1. The quantitative estimate of drug-likeness (QED) is 0.352. The van der Waals surface area contributed by atoms with Gasteiger partial charge < -0.3 is 4.74 Å². The number of benzene rings is 2. The van der Waals surface area contributed by atoms with Gasteiger partial charge in [0.15, 0.2) is 0 Å². The molecule has 0 aliphatic rings. The third kappa shape index (κ3) is 3.94. The van der Waals surface area contributed by atoms with Gasteiger partial charge in [0.25, 0.3) is 5.69 Å². The summed E-state index contributed by atoms with van der Waals surface area (Å²) in [7, 11) is 0. The fourth-order valence-electron chi connectivity index (χ4n) is 2.06. The minimum absolute atomic E-state index is 0.0623. The molecule has 2 aromatic rings. The molecule has 23 heavy (non-hydrogen) atoms. The van der Waals surface area contributed by atoms with Crippen molar-refractivity contribution in [1.82, 2.24) is 0 Å². The Morgan fingerprint density at radius 2 is 1.65 bits per heavy atom. The second-order valence-corrected chi connectivity index (χ2v) is 5.96. The van der Waals surface area contributed by atoms with Gasteiger partial charge in [0, 0.05) is 12.1 Å². The molecule has 0 heterocycles. The van der Waals surface area contributed by atoms with E-state index in [1.807, 2.05) is 12.1 Å². The smallest absolute Gasteiger partial charge is 0.343 e. The normalized spacial score (nSPS) is 11.1. The molecule has 5 nitrogen and oxygen atoms in total. The standard InChI is InChI=1S/C18H19NO4/c1-4-18(2,3)14-7-11-16(12-8-14)23-17(20)13-5-9-15(10-6-13)19(21)22/h5-12H,4H2,1-3H3. The average molecular weight is 313 g/mol. The van der Waals surface area contributed by atoms with Gasteiger partial charge in [-0.15, -0.1) is 0 Å². The molecule has 5 heteroatoms. The van der Waals surface area contributed by atoms with E-state index in [4.69, 9.17) is 4.74 Å². The lowest BCUT2D eigenvalue weighted by atomic mass is 9.82. The van der Waals surface area contributed by atoms with Crippen molar-refractivity contribution < 1.29 is 14.5 Å². The van der Waals surface area contributed by atoms with Crippen molar-refractivity contribution in [3.8, 4) is 5.75 Å². The minimum atomic E-state index is -0.539. The van der Waals surface area contributed by atoms with Gasteiger partial charge in [-0.3, -0.25) is 10.1 Å². The van der Waals surface area contributed by atoms with Crippen LogP contribution in [0.1, 0.15) is 43.1 Å². The van der Waals surface area contributed by atoms with Crippen LogP contribution in [0.5, 0.6) is 5.75 Å². The number of nitro groups is 1. The molecule has 0 bridgehead atoms. The average Bonchev–Trinajstić information content (AvgIpc) is 2.55. The lowest BCUT2D eigenvalue weighted by Crippen LogP contribution is -2.15.